The van der Waals surface area contributed by atoms with Gasteiger partial charge in [0, 0.05) is 15.4 Å². The van der Waals surface area contributed by atoms with E-state index in [-0.39, 0.29) is 11.3 Å². The van der Waals surface area contributed by atoms with Gasteiger partial charge in [0.15, 0.2) is 5.13 Å². The number of sulfonamides is 1. The first-order chi connectivity index (χ1) is 13.8. The number of carbonyl (C=O) groups excluding carboxylic acids is 1. The Morgan fingerprint density at radius 2 is 1.90 bits per heavy atom. The van der Waals surface area contributed by atoms with Gasteiger partial charge < -0.3 is 0 Å². The lowest BCUT2D eigenvalue weighted by Gasteiger charge is -2.12. The number of benzene rings is 2. The number of amides is 1. The smallest absolute Gasteiger partial charge is 0.259 e. The van der Waals surface area contributed by atoms with Crippen LogP contribution in [0.5, 0.6) is 0 Å². The molecule has 1 amide bonds. The summed E-state index contributed by atoms with van der Waals surface area (Å²) in [6.45, 7) is 0. The van der Waals surface area contributed by atoms with Gasteiger partial charge in [-0.3, -0.25) is 14.8 Å². The fourth-order valence-electron chi connectivity index (χ4n) is 2.66. The Kier molecular flexibility index (Phi) is 5.41. The molecule has 0 spiro atoms. The van der Waals surface area contributed by atoms with E-state index >= 15 is 0 Å². The first kappa shape index (κ1) is 20.0. The summed E-state index contributed by atoms with van der Waals surface area (Å²) in [6.07, 6.45) is 1.12. The molecule has 2 N–H and O–H groups in total. The summed E-state index contributed by atoms with van der Waals surface area (Å²) in [5.41, 5.74) is 1.53. The Labute approximate surface area is 179 Å². The molecule has 1 saturated carbocycles. The predicted octanol–water partition coefficient (Wildman–Crippen LogP) is 4.87. The minimum atomic E-state index is -3.63. The van der Waals surface area contributed by atoms with E-state index in [0.29, 0.717) is 23.7 Å². The van der Waals surface area contributed by atoms with E-state index in [4.69, 9.17) is 0 Å². The highest BCUT2D eigenvalue weighted by molar-refractivity contribution is 9.10. The zero-order chi connectivity index (χ0) is 20.6. The Bertz CT molecular complexity index is 1180. The van der Waals surface area contributed by atoms with Crippen molar-refractivity contribution in [2.45, 2.75) is 18.1 Å². The number of hydrogen-bond acceptors (Lipinski definition) is 5. The van der Waals surface area contributed by atoms with Crippen molar-refractivity contribution in [3.63, 3.8) is 0 Å². The third-order valence-corrected chi connectivity index (χ3v) is 7.45. The molecule has 1 aliphatic carbocycles. The van der Waals surface area contributed by atoms with Gasteiger partial charge in [0.2, 0.25) is 10.0 Å². The molecule has 29 heavy (non-hydrogen) atoms. The molecule has 2 aromatic carbocycles. The summed E-state index contributed by atoms with van der Waals surface area (Å²) in [4.78, 5) is 17.1. The molecule has 3 aromatic rings. The molecule has 0 radical (unpaired) electrons. The summed E-state index contributed by atoms with van der Waals surface area (Å²) in [5, 5.41) is 4.32. The number of anilines is 2. The van der Waals surface area contributed by atoms with Crippen LogP contribution in [0.2, 0.25) is 0 Å². The van der Waals surface area contributed by atoms with Crippen LogP contribution in [0.1, 0.15) is 23.2 Å². The van der Waals surface area contributed by atoms with Crippen LogP contribution in [0.25, 0.3) is 11.3 Å². The third-order valence-electron chi connectivity index (χ3n) is 4.31. The second kappa shape index (κ2) is 7.85. The van der Waals surface area contributed by atoms with Crippen LogP contribution in [0.4, 0.5) is 15.2 Å². The van der Waals surface area contributed by atoms with Crippen LogP contribution >= 0.6 is 27.3 Å². The number of nitrogens with zero attached hydrogens (tertiary/aromatic N) is 1. The molecule has 0 atom stereocenters. The minimum absolute atomic E-state index is 0.0241. The number of aromatic nitrogens is 1. The quantitative estimate of drug-likeness (QED) is 0.510. The number of carbonyl (C=O) groups is 1. The molecule has 1 aliphatic rings. The van der Waals surface area contributed by atoms with Crippen LogP contribution in [-0.2, 0) is 10.0 Å². The van der Waals surface area contributed by atoms with Gasteiger partial charge in [-0.1, -0.05) is 28.1 Å². The number of hydrogen-bond donors (Lipinski definition) is 2. The summed E-state index contributed by atoms with van der Waals surface area (Å²) >= 11 is 4.62. The fourth-order valence-corrected chi connectivity index (χ4v) is 5.04. The van der Waals surface area contributed by atoms with Crippen molar-refractivity contribution in [3.8, 4) is 11.3 Å². The van der Waals surface area contributed by atoms with Gasteiger partial charge in [-0.2, -0.15) is 0 Å². The Morgan fingerprint density at radius 3 is 2.59 bits per heavy atom. The van der Waals surface area contributed by atoms with E-state index in [1.807, 2.05) is 24.3 Å². The number of halogens is 2. The molecule has 1 aromatic heterocycles. The van der Waals surface area contributed by atoms with Crippen LogP contribution in [-0.4, -0.2) is 24.6 Å². The van der Waals surface area contributed by atoms with Crippen molar-refractivity contribution in [1.82, 2.24) is 4.98 Å². The van der Waals surface area contributed by atoms with Gasteiger partial charge in [-0.05, 0) is 43.2 Å². The fraction of sp³-hybridized carbons (Fsp3) is 0.158. The van der Waals surface area contributed by atoms with Gasteiger partial charge in [0.05, 0.1) is 22.2 Å². The summed E-state index contributed by atoms with van der Waals surface area (Å²) in [5.74, 6) is -1.21. The zero-order valence-electron chi connectivity index (χ0n) is 14.9. The lowest BCUT2D eigenvalue weighted by molar-refractivity contribution is 0.102. The Hall–Kier alpha value is -2.30. The van der Waals surface area contributed by atoms with Gasteiger partial charge in [0.1, 0.15) is 5.82 Å². The highest BCUT2D eigenvalue weighted by atomic mass is 79.9. The maximum absolute atomic E-state index is 13.7. The van der Waals surface area contributed by atoms with E-state index in [9.17, 15) is 17.6 Å². The van der Waals surface area contributed by atoms with Crippen molar-refractivity contribution in [2.75, 3.05) is 10.0 Å². The predicted molar refractivity (Wildman–Crippen MR) is 115 cm³/mol. The monoisotopic (exact) mass is 495 g/mol. The molecule has 0 aliphatic heterocycles. The molecule has 6 nitrogen and oxygen atoms in total. The standard InChI is InChI=1S/C19H15BrFN3O3S2/c20-12-3-1-11(2-4-12)17-10-28-19(22-17)23-18(25)15-8-5-13(21)9-16(15)24-29(26,27)14-6-7-14/h1-5,8-10,14,24H,6-7H2,(H,22,23,25). The highest BCUT2D eigenvalue weighted by Gasteiger charge is 2.36. The van der Waals surface area contributed by atoms with Crippen LogP contribution in [0, 0.1) is 5.82 Å². The van der Waals surface area contributed by atoms with Crippen molar-refractivity contribution < 1.29 is 17.6 Å². The van der Waals surface area contributed by atoms with E-state index in [1.165, 1.54) is 17.4 Å². The molecule has 0 unspecified atom stereocenters. The number of thiazole rings is 1. The van der Waals surface area contributed by atoms with E-state index < -0.39 is 27.0 Å². The van der Waals surface area contributed by atoms with Gasteiger partial charge in [-0.25, -0.2) is 17.8 Å². The van der Waals surface area contributed by atoms with Crippen molar-refractivity contribution in [2.24, 2.45) is 0 Å². The van der Waals surface area contributed by atoms with Gasteiger partial charge in [0.25, 0.3) is 5.91 Å². The molecular weight excluding hydrogens is 481 g/mol. The van der Waals surface area contributed by atoms with Crippen LogP contribution in [0.15, 0.2) is 52.3 Å². The Balaban J connectivity index is 1.55. The average molecular weight is 496 g/mol. The first-order valence-corrected chi connectivity index (χ1v) is 11.9. The highest BCUT2D eigenvalue weighted by Crippen LogP contribution is 2.31. The molecular formula is C19H15BrFN3O3S2. The molecule has 0 bridgehead atoms. The van der Waals surface area contributed by atoms with Crippen molar-refractivity contribution in [1.29, 1.82) is 0 Å². The Morgan fingerprint density at radius 1 is 1.17 bits per heavy atom. The third kappa shape index (κ3) is 4.65. The van der Waals surface area contributed by atoms with Gasteiger partial charge >= 0.3 is 0 Å². The topological polar surface area (TPSA) is 88.2 Å². The number of nitrogens with one attached hydrogen (secondary N) is 2. The largest absolute Gasteiger partial charge is 0.298 e. The lowest BCUT2D eigenvalue weighted by atomic mass is 10.1. The van der Waals surface area contributed by atoms with Gasteiger partial charge in [-0.15, -0.1) is 11.3 Å². The van der Waals surface area contributed by atoms with E-state index in [0.717, 1.165) is 22.2 Å². The van der Waals surface area contributed by atoms with Crippen molar-refractivity contribution in [3.05, 3.63) is 63.7 Å². The minimum Gasteiger partial charge on any atom is -0.298 e. The summed E-state index contributed by atoms with van der Waals surface area (Å²) < 4.78 is 41.4. The summed E-state index contributed by atoms with van der Waals surface area (Å²) in [6, 6.07) is 10.9. The maximum atomic E-state index is 13.7. The molecule has 150 valence electrons. The van der Waals surface area contributed by atoms with Crippen LogP contribution < -0.4 is 10.0 Å². The maximum Gasteiger partial charge on any atom is 0.259 e. The second-order valence-corrected chi connectivity index (χ2v) is 10.3. The molecule has 1 heterocycles. The SMILES string of the molecule is O=C(Nc1nc(-c2ccc(Br)cc2)cs1)c1ccc(F)cc1NS(=O)(=O)C1CC1. The zero-order valence-corrected chi connectivity index (χ0v) is 18.1. The van der Waals surface area contributed by atoms with Crippen molar-refractivity contribution >= 4 is 54.0 Å². The van der Waals surface area contributed by atoms with E-state index in [1.54, 1.807) is 5.38 Å². The molecule has 0 saturated heterocycles. The summed E-state index contributed by atoms with van der Waals surface area (Å²) in [7, 11) is -3.63. The molecule has 10 heteroatoms. The number of rotatable bonds is 6. The lowest BCUT2D eigenvalue weighted by Crippen LogP contribution is -2.21. The molecule has 1 fully saturated rings. The first-order valence-electron chi connectivity index (χ1n) is 8.66. The molecule has 4 rings (SSSR count). The second-order valence-electron chi connectivity index (χ2n) is 6.54. The average Bonchev–Trinajstić information content (AvgIpc) is 3.43. The van der Waals surface area contributed by atoms with Crippen LogP contribution in [0.3, 0.4) is 0 Å². The normalized spacial score (nSPS) is 13.9. The van der Waals surface area contributed by atoms with E-state index in [2.05, 4.69) is 31.0 Å².